The Morgan fingerprint density at radius 3 is 2.65 bits per heavy atom. The fourth-order valence-corrected chi connectivity index (χ4v) is 9.32. The average molecular weight is 427 g/mol. The molecule has 0 saturated heterocycles. The summed E-state index contributed by atoms with van der Waals surface area (Å²) in [4.78, 5) is 17.7. The van der Waals surface area contributed by atoms with Crippen LogP contribution in [0.3, 0.4) is 0 Å². The molecular weight excluding hydrogens is 384 g/mol. The van der Waals surface area contributed by atoms with Crippen LogP contribution in [0.2, 0.25) is 0 Å². The lowest BCUT2D eigenvalue weighted by Crippen LogP contribution is -2.56. The van der Waals surface area contributed by atoms with E-state index in [4.69, 9.17) is 0 Å². The predicted molar refractivity (Wildman–Crippen MR) is 122 cm³/mol. The second-order valence-corrected chi connectivity index (χ2v) is 12.3. The van der Waals surface area contributed by atoms with Crippen LogP contribution in [0.5, 0.6) is 0 Å². The fourth-order valence-electron chi connectivity index (χ4n) is 9.32. The average Bonchev–Trinajstić information content (AvgIpc) is 3.29. The van der Waals surface area contributed by atoms with Crippen molar-refractivity contribution in [2.24, 2.45) is 40.4 Å². The number of hydrogen-bond donors (Lipinski definition) is 1. The molecule has 4 nitrogen and oxygen atoms in total. The van der Waals surface area contributed by atoms with Crippen LogP contribution in [0, 0.1) is 47.3 Å². The number of imidazole rings is 1. The second-order valence-electron chi connectivity index (χ2n) is 12.3. The van der Waals surface area contributed by atoms with Gasteiger partial charge in [-0.05, 0) is 113 Å². The molecule has 4 aliphatic carbocycles. The molecule has 1 N–H and O–H groups in total. The number of aliphatic hydroxyl groups is 1. The molecule has 0 radical (unpaired) electrons. The number of Topliss-reactive ketones (excluding diaryl/α,β-unsaturated/α-hetero) is 1. The molecule has 0 amide bonds. The third-order valence-corrected chi connectivity index (χ3v) is 10.8. The van der Waals surface area contributed by atoms with Gasteiger partial charge in [0.1, 0.15) is 0 Å². The standard InChI is InChI=1S/C27H42N2O2/c1-5-27-13-12-25(3,31)14-19(27)6-7-20-21-8-9-23(26(21,4)11-10-22(20)27)24(30)16-29-15-18(2)28-17-29/h15,17,19-23,31H,5-14,16H2,1-4H3/t19-,20-,21-,22-,23+,25+,26-,27-/m0/s1. The van der Waals surface area contributed by atoms with Crippen molar-refractivity contribution in [3.05, 3.63) is 18.2 Å². The first kappa shape index (κ1) is 21.7. The van der Waals surface area contributed by atoms with Crippen LogP contribution in [-0.4, -0.2) is 26.0 Å². The van der Waals surface area contributed by atoms with E-state index in [0.29, 0.717) is 29.6 Å². The normalized spacial score (nSPS) is 46.8. The largest absolute Gasteiger partial charge is 0.390 e. The summed E-state index contributed by atoms with van der Waals surface area (Å²) in [6.07, 6.45) is 15.6. The molecule has 0 bridgehead atoms. The summed E-state index contributed by atoms with van der Waals surface area (Å²) >= 11 is 0. The molecule has 0 aromatic carbocycles. The van der Waals surface area contributed by atoms with Gasteiger partial charge in [-0.1, -0.05) is 13.8 Å². The molecule has 4 fully saturated rings. The Hall–Kier alpha value is -1.16. The van der Waals surface area contributed by atoms with Gasteiger partial charge >= 0.3 is 0 Å². The van der Waals surface area contributed by atoms with Crippen molar-refractivity contribution in [1.29, 1.82) is 0 Å². The highest BCUT2D eigenvalue weighted by atomic mass is 16.3. The maximum absolute atomic E-state index is 13.4. The van der Waals surface area contributed by atoms with Crippen LogP contribution in [0.1, 0.15) is 90.7 Å². The zero-order chi connectivity index (χ0) is 22.0. The van der Waals surface area contributed by atoms with E-state index in [1.807, 2.05) is 24.0 Å². The number of nitrogens with zero attached hydrogens (tertiary/aromatic N) is 2. The van der Waals surface area contributed by atoms with E-state index >= 15 is 0 Å². The van der Waals surface area contributed by atoms with E-state index < -0.39 is 5.60 Å². The summed E-state index contributed by atoms with van der Waals surface area (Å²) < 4.78 is 1.98. The Balaban J connectivity index is 1.36. The number of carbonyl (C=O) groups is 1. The van der Waals surface area contributed by atoms with Gasteiger partial charge in [0.2, 0.25) is 0 Å². The van der Waals surface area contributed by atoms with Crippen molar-refractivity contribution in [2.75, 3.05) is 0 Å². The number of rotatable bonds is 4. The predicted octanol–water partition coefficient (Wildman–Crippen LogP) is 5.56. The Kier molecular flexibility index (Phi) is 5.20. The topological polar surface area (TPSA) is 55.1 Å². The quantitative estimate of drug-likeness (QED) is 0.686. The van der Waals surface area contributed by atoms with Gasteiger partial charge in [-0.3, -0.25) is 4.79 Å². The van der Waals surface area contributed by atoms with Crippen LogP contribution in [0.4, 0.5) is 0 Å². The van der Waals surface area contributed by atoms with Crippen molar-refractivity contribution < 1.29 is 9.90 Å². The molecule has 0 spiro atoms. The Morgan fingerprint density at radius 1 is 1.13 bits per heavy atom. The van der Waals surface area contributed by atoms with Gasteiger partial charge in [0.15, 0.2) is 5.78 Å². The SMILES string of the molecule is CC[C@]12CC[C@@](C)(O)C[C@@H]1CC[C@H]1[C@@H]3CC[C@H](C(=O)Cn4cnc(C)c4)[C@@]3(C)CC[C@@H]12. The molecule has 5 rings (SSSR count). The van der Waals surface area contributed by atoms with Crippen molar-refractivity contribution in [1.82, 2.24) is 9.55 Å². The number of ketones is 1. The highest BCUT2D eigenvalue weighted by Gasteiger charge is 2.62. The molecule has 31 heavy (non-hydrogen) atoms. The molecule has 4 saturated carbocycles. The minimum atomic E-state index is -0.462. The molecule has 1 aromatic rings. The lowest BCUT2D eigenvalue weighted by atomic mass is 9.42. The second kappa shape index (κ2) is 7.43. The molecule has 0 aliphatic heterocycles. The first-order valence-electron chi connectivity index (χ1n) is 12.9. The maximum atomic E-state index is 13.4. The van der Waals surface area contributed by atoms with Crippen LogP contribution in [-0.2, 0) is 11.3 Å². The zero-order valence-corrected chi connectivity index (χ0v) is 20.1. The Labute approximate surface area is 188 Å². The van der Waals surface area contributed by atoms with Gasteiger partial charge < -0.3 is 9.67 Å². The summed E-state index contributed by atoms with van der Waals surface area (Å²) in [5.41, 5.74) is 1.13. The van der Waals surface area contributed by atoms with E-state index in [9.17, 15) is 9.90 Å². The molecule has 4 heteroatoms. The summed E-state index contributed by atoms with van der Waals surface area (Å²) in [5, 5.41) is 10.8. The number of fused-ring (bicyclic) bond motifs is 5. The first-order valence-corrected chi connectivity index (χ1v) is 12.9. The third-order valence-electron chi connectivity index (χ3n) is 10.8. The van der Waals surface area contributed by atoms with Crippen LogP contribution in [0.15, 0.2) is 12.5 Å². The molecule has 1 heterocycles. The lowest BCUT2D eigenvalue weighted by molar-refractivity contribution is -0.158. The molecule has 0 unspecified atom stereocenters. The molecular formula is C27H42N2O2. The minimum Gasteiger partial charge on any atom is -0.390 e. The summed E-state index contributed by atoms with van der Waals surface area (Å²) in [7, 11) is 0. The molecule has 8 atom stereocenters. The van der Waals surface area contributed by atoms with Gasteiger partial charge in [0.05, 0.1) is 24.2 Å². The smallest absolute Gasteiger partial charge is 0.156 e. The number of aryl methyl sites for hydroxylation is 1. The molecule has 4 aliphatic rings. The maximum Gasteiger partial charge on any atom is 0.156 e. The highest BCUT2D eigenvalue weighted by molar-refractivity contribution is 5.82. The van der Waals surface area contributed by atoms with Crippen LogP contribution >= 0.6 is 0 Å². The zero-order valence-electron chi connectivity index (χ0n) is 20.1. The Bertz CT molecular complexity index is 844. The van der Waals surface area contributed by atoms with Crippen molar-refractivity contribution >= 4 is 5.78 Å². The van der Waals surface area contributed by atoms with E-state index in [1.54, 1.807) is 0 Å². The van der Waals surface area contributed by atoms with Gasteiger partial charge in [-0.25, -0.2) is 4.98 Å². The van der Waals surface area contributed by atoms with Gasteiger partial charge in [0, 0.05) is 12.1 Å². The van der Waals surface area contributed by atoms with Gasteiger partial charge in [-0.2, -0.15) is 0 Å². The van der Waals surface area contributed by atoms with Crippen molar-refractivity contribution in [3.63, 3.8) is 0 Å². The third kappa shape index (κ3) is 3.34. The van der Waals surface area contributed by atoms with E-state index in [1.165, 1.54) is 44.9 Å². The van der Waals surface area contributed by atoms with Gasteiger partial charge in [0.25, 0.3) is 0 Å². The lowest BCUT2D eigenvalue weighted by Gasteiger charge is -2.63. The number of carbonyl (C=O) groups excluding carboxylic acids is 1. The van der Waals surface area contributed by atoms with E-state index in [-0.39, 0.29) is 11.3 Å². The number of aromatic nitrogens is 2. The van der Waals surface area contributed by atoms with Crippen LogP contribution in [0.25, 0.3) is 0 Å². The Morgan fingerprint density at radius 2 is 1.94 bits per heavy atom. The summed E-state index contributed by atoms with van der Waals surface area (Å²) in [5.74, 6) is 3.62. The van der Waals surface area contributed by atoms with E-state index in [2.05, 4.69) is 25.8 Å². The minimum absolute atomic E-state index is 0.176. The van der Waals surface area contributed by atoms with E-state index in [0.717, 1.165) is 36.8 Å². The summed E-state index contributed by atoms with van der Waals surface area (Å²) in [6, 6.07) is 0. The summed E-state index contributed by atoms with van der Waals surface area (Å²) in [6.45, 7) is 9.40. The monoisotopic (exact) mass is 426 g/mol. The first-order chi connectivity index (χ1) is 14.7. The van der Waals surface area contributed by atoms with Crippen LogP contribution < -0.4 is 0 Å². The highest BCUT2D eigenvalue weighted by Crippen LogP contribution is 2.69. The molecule has 172 valence electrons. The van der Waals surface area contributed by atoms with Crippen molar-refractivity contribution in [3.8, 4) is 0 Å². The molecule has 1 aromatic heterocycles. The van der Waals surface area contributed by atoms with Gasteiger partial charge in [-0.15, -0.1) is 0 Å². The fraction of sp³-hybridized carbons (Fsp3) is 0.852. The van der Waals surface area contributed by atoms with Crippen molar-refractivity contribution in [2.45, 2.75) is 104 Å². The number of hydrogen-bond acceptors (Lipinski definition) is 3.